The lowest BCUT2D eigenvalue weighted by Gasteiger charge is -2.41. The van der Waals surface area contributed by atoms with E-state index in [9.17, 15) is 19.5 Å². The van der Waals surface area contributed by atoms with E-state index in [0.717, 1.165) is 18.0 Å². The number of hydrogen-bond acceptors (Lipinski definition) is 15. The zero-order valence-electron chi connectivity index (χ0n) is 64.4. The standard InChI is InChI=1S/C71H130N12O13S/c1-28-32-34-47(15)58(84)57-62(88)74-50(29-2)64(90)82(26)70(97-38-33-37-83(30-3)31-4)69(95)79(23)54(41-71(18,19)96-27)61(87)75-55(45(11)12)67(93)76(20)51(36-35-42(5)6)60(86)72-48(16)59(85)73-49(17)63(89)77(21)52(39-43(7)8)65(91)78(22)53(40-44(9)10)66(92)80(24)56(46(13)14)68(94)81(57)25/h28,32,42-58,70,84H,29-31,33-41H2,1-27H3,(H,72,86)(H,73,85)(H,74,88)(H,75,87)/b32-28+/t47-,48-,49+,50-,51-,52+,53-,54+,55-,56-,57+,58-,70-/m1/s1. The number of methoxy groups -OCH3 is 1. The lowest BCUT2D eigenvalue weighted by molar-refractivity contribution is -0.157. The Kier molecular flexibility index (Phi) is 38.3. The molecule has 1 heterocycles. The second-order valence-electron chi connectivity index (χ2n) is 29.3. The summed E-state index contributed by atoms with van der Waals surface area (Å²) in [4.78, 5) is 176. The molecular weight excluding hydrogens is 1260 g/mol. The zero-order valence-corrected chi connectivity index (χ0v) is 65.2. The number of rotatable bonds is 24. The molecule has 97 heavy (non-hydrogen) atoms. The number of allylic oxidation sites excluding steroid dienone is 2. The van der Waals surface area contributed by atoms with Gasteiger partial charge in [0, 0.05) is 62.9 Å². The molecule has 1 rings (SSSR count). The van der Waals surface area contributed by atoms with E-state index in [-0.39, 0.29) is 49.9 Å². The molecule has 0 bridgehead atoms. The normalized spacial score (nSPS) is 26.0. The molecule has 0 aromatic heterocycles. The van der Waals surface area contributed by atoms with Crippen molar-refractivity contribution in [3.05, 3.63) is 12.2 Å². The SMILES string of the molecule is C/C=C/C[C@@H](C)[C@@H](O)[C@H]1C(=O)N[C@H](CC)C(=O)N(C)[C@H](SCCCN(CC)CC)C(=O)N(C)[C@@H](CC(C)(C)OC)C(=O)N[C@H](C(C)C)C(=O)N(C)[C@H](CCC(C)C)C(=O)N[C@H](C)C(=O)N[C@@H](C)C(=O)N(C)[C@@H](CC(C)C)C(=O)N(C)[C@H](CC(C)C)C(=O)N(C)[C@H](C(C)C)C(=O)N1C. The topological polar surface area (TPSA) is 291 Å². The van der Waals surface area contributed by atoms with Crippen LogP contribution in [0.3, 0.4) is 0 Å². The first-order valence-electron chi connectivity index (χ1n) is 35.2. The van der Waals surface area contributed by atoms with Gasteiger partial charge in [-0.2, -0.15) is 0 Å². The minimum atomic E-state index is -1.65. The van der Waals surface area contributed by atoms with Crippen LogP contribution >= 0.6 is 11.8 Å². The summed E-state index contributed by atoms with van der Waals surface area (Å²) in [7, 11) is 11.5. The van der Waals surface area contributed by atoms with Crippen molar-refractivity contribution in [2.75, 3.05) is 81.8 Å². The van der Waals surface area contributed by atoms with E-state index in [4.69, 9.17) is 4.74 Å². The van der Waals surface area contributed by atoms with Gasteiger partial charge in [0.25, 0.3) is 5.91 Å². The molecule has 5 N–H and O–H groups in total. The Bertz CT molecular complexity index is 2620. The number of aliphatic hydroxyl groups excluding tert-OH is 1. The van der Waals surface area contributed by atoms with Gasteiger partial charge in [-0.15, -0.1) is 11.8 Å². The number of amides is 11. The smallest absolute Gasteiger partial charge is 0.256 e. The summed E-state index contributed by atoms with van der Waals surface area (Å²) >= 11 is 1.18. The maximum Gasteiger partial charge on any atom is 0.256 e. The summed E-state index contributed by atoms with van der Waals surface area (Å²) in [5, 5.41) is 22.3. The summed E-state index contributed by atoms with van der Waals surface area (Å²) in [6.07, 6.45) is 3.80. The Balaban J connectivity index is 4.63. The number of nitrogens with one attached hydrogen (secondary N) is 4. The van der Waals surface area contributed by atoms with E-state index in [1.54, 1.807) is 61.5 Å². The summed E-state index contributed by atoms with van der Waals surface area (Å²) in [6, 6.07) is -12.8. The summed E-state index contributed by atoms with van der Waals surface area (Å²) in [5.74, 6) is -9.28. The third kappa shape index (κ3) is 26.0. The molecule has 13 atom stereocenters. The third-order valence-electron chi connectivity index (χ3n) is 18.8. The molecule has 0 aliphatic carbocycles. The Morgan fingerprint density at radius 1 is 0.546 bits per heavy atom. The molecular formula is C71H130N12O13S. The highest BCUT2D eigenvalue weighted by atomic mass is 32.2. The molecule has 1 aliphatic heterocycles. The van der Waals surface area contributed by atoms with Crippen LogP contribution in [0.5, 0.6) is 0 Å². The molecule has 0 aromatic rings. The second kappa shape index (κ2) is 41.6. The van der Waals surface area contributed by atoms with Crippen molar-refractivity contribution in [3.63, 3.8) is 0 Å². The number of hydrogen-bond donors (Lipinski definition) is 5. The molecule has 0 saturated carbocycles. The van der Waals surface area contributed by atoms with E-state index in [1.807, 2.05) is 68.4 Å². The largest absolute Gasteiger partial charge is 0.390 e. The minimum Gasteiger partial charge on any atom is -0.390 e. The number of carbonyl (C=O) groups is 11. The third-order valence-corrected chi connectivity index (χ3v) is 20.2. The van der Waals surface area contributed by atoms with Gasteiger partial charge in [-0.1, -0.05) is 109 Å². The summed E-state index contributed by atoms with van der Waals surface area (Å²) in [6.45, 7) is 36.3. The second-order valence-corrected chi connectivity index (χ2v) is 30.5. The predicted octanol–water partition coefficient (Wildman–Crippen LogP) is 5.22. The van der Waals surface area contributed by atoms with E-state index < -0.39 is 160 Å². The quantitative estimate of drug-likeness (QED) is 0.0612. The van der Waals surface area contributed by atoms with E-state index in [1.165, 1.54) is 111 Å². The van der Waals surface area contributed by atoms with Gasteiger partial charge >= 0.3 is 0 Å². The van der Waals surface area contributed by atoms with Crippen LogP contribution in [0.25, 0.3) is 0 Å². The van der Waals surface area contributed by atoms with Gasteiger partial charge in [-0.25, -0.2) is 0 Å². The highest BCUT2D eigenvalue weighted by Gasteiger charge is 2.47. The van der Waals surface area contributed by atoms with Crippen LogP contribution in [0.4, 0.5) is 0 Å². The molecule has 1 aliphatic rings. The van der Waals surface area contributed by atoms with Crippen molar-refractivity contribution in [1.82, 2.24) is 60.5 Å². The van der Waals surface area contributed by atoms with Crippen LogP contribution in [0, 0.1) is 35.5 Å². The van der Waals surface area contributed by atoms with Gasteiger partial charge in [0.2, 0.25) is 59.1 Å². The fraction of sp³-hybridized carbons (Fsp3) is 0.817. The van der Waals surface area contributed by atoms with Crippen molar-refractivity contribution in [3.8, 4) is 0 Å². The van der Waals surface area contributed by atoms with Crippen LogP contribution in [-0.2, 0) is 57.5 Å². The highest BCUT2D eigenvalue weighted by Crippen LogP contribution is 2.28. The van der Waals surface area contributed by atoms with Gasteiger partial charge in [0.05, 0.1) is 11.7 Å². The maximum absolute atomic E-state index is 15.5. The molecule has 11 amide bonds. The monoisotopic (exact) mass is 1390 g/mol. The van der Waals surface area contributed by atoms with E-state index in [2.05, 4.69) is 26.2 Å². The van der Waals surface area contributed by atoms with Crippen molar-refractivity contribution in [1.29, 1.82) is 0 Å². The van der Waals surface area contributed by atoms with Crippen LogP contribution in [0.2, 0.25) is 0 Å². The first-order chi connectivity index (χ1) is 45.0. The van der Waals surface area contributed by atoms with Crippen molar-refractivity contribution >= 4 is 76.7 Å². The minimum absolute atomic E-state index is 0.0105. The van der Waals surface area contributed by atoms with Gasteiger partial charge in [0.1, 0.15) is 60.4 Å². The Hall–Kier alpha value is -5.86. The van der Waals surface area contributed by atoms with Gasteiger partial charge < -0.3 is 70.3 Å². The maximum atomic E-state index is 15.5. The Morgan fingerprint density at radius 3 is 1.51 bits per heavy atom. The average molecular weight is 1390 g/mol. The fourth-order valence-electron chi connectivity index (χ4n) is 12.1. The number of thioether (sulfide) groups is 1. The van der Waals surface area contributed by atoms with Gasteiger partial charge in [-0.3, -0.25) is 52.7 Å². The zero-order chi connectivity index (χ0) is 75.0. The first kappa shape index (κ1) is 89.2. The van der Waals surface area contributed by atoms with Crippen LogP contribution in [0.15, 0.2) is 12.2 Å². The highest BCUT2D eigenvalue weighted by molar-refractivity contribution is 8.00. The molecule has 0 aromatic carbocycles. The number of ether oxygens (including phenoxy) is 1. The molecule has 0 unspecified atom stereocenters. The molecule has 26 heteroatoms. The van der Waals surface area contributed by atoms with Crippen molar-refractivity contribution in [2.24, 2.45) is 35.5 Å². The molecule has 0 spiro atoms. The first-order valence-corrected chi connectivity index (χ1v) is 36.3. The predicted molar refractivity (Wildman–Crippen MR) is 383 cm³/mol. The van der Waals surface area contributed by atoms with Crippen molar-refractivity contribution < 1.29 is 62.6 Å². The van der Waals surface area contributed by atoms with Gasteiger partial charge in [0.15, 0.2) is 5.37 Å². The number of likely N-dealkylation sites (N-methyl/N-ethyl adjacent to an activating group) is 7. The number of carbonyl (C=O) groups excluding carboxylic acids is 11. The fourth-order valence-corrected chi connectivity index (χ4v) is 13.2. The lowest BCUT2D eigenvalue weighted by atomic mass is 9.91. The molecule has 1 fully saturated rings. The summed E-state index contributed by atoms with van der Waals surface area (Å²) in [5.41, 5.74) is -1.04. The number of aliphatic hydroxyl groups is 1. The molecule has 25 nitrogen and oxygen atoms in total. The van der Waals surface area contributed by atoms with Crippen LogP contribution in [-0.4, -0.2) is 269 Å². The van der Waals surface area contributed by atoms with Crippen molar-refractivity contribution in [2.45, 2.75) is 260 Å². The molecule has 0 radical (unpaired) electrons. The van der Waals surface area contributed by atoms with E-state index in [0.29, 0.717) is 31.6 Å². The lowest BCUT2D eigenvalue weighted by Crippen LogP contribution is -2.64. The number of nitrogens with zero attached hydrogens (tertiary/aromatic N) is 8. The Morgan fingerprint density at radius 2 is 1.03 bits per heavy atom. The average Bonchev–Trinajstić information content (AvgIpc) is 0.811. The van der Waals surface area contributed by atoms with Gasteiger partial charge in [-0.05, 0) is 140 Å². The summed E-state index contributed by atoms with van der Waals surface area (Å²) < 4.78 is 5.86. The van der Waals surface area contributed by atoms with Crippen LogP contribution in [0.1, 0.15) is 183 Å². The molecule has 558 valence electrons. The van der Waals surface area contributed by atoms with Crippen LogP contribution < -0.4 is 21.3 Å². The molecule has 1 saturated heterocycles. The van der Waals surface area contributed by atoms with E-state index >= 15 is 38.4 Å². The Labute approximate surface area is 587 Å².